The van der Waals surface area contributed by atoms with Gasteiger partial charge in [0.1, 0.15) is 12.4 Å². The Kier molecular flexibility index (Phi) is 9.97. The van der Waals surface area contributed by atoms with Gasteiger partial charge in [0.2, 0.25) is 5.91 Å². The number of carbonyl (C=O) groups excluding carboxylic acids is 1. The number of carbonyl (C=O) groups is 2. The van der Waals surface area contributed by atoms with Crippen molar-refractivity contribution in [2.45, 2.75) is 59.2 Å². The van der Waals surface area contributed by atoms with E-state index >= 15 is 0 Å². The molecule has 7 heteroatoms. The molecule has 1 amide bonds. The Morgan fingerprint density at radius 2 is 1.80 bits per heavy atom. The van der Waals surface area contributed by atoms with Gasteiger partial charge in [0.25, 0.3) is 0 Å². The fraction of sp³-hybridized carbons (Fsp3) is 0.500. The van der Waals surface area contributed by atoms with Crippen molar-refractivity contribution in [3.63, 3.8) is 0 Å². The third-order valence-corrected chi connectivity index (χ3v) is 6.59. The normalized spacial score (nSPS) is 19.8. The topological polar surface area (TPSA) is 96.9 Å². The summed E-state index contributed by atoms with van der Waals surface area (Å²) in [5, 5.41) is 15.0. The van der Waals surface area contributed by atoms with E-state index in [4.69, 9.17) is 14.6 Å². The number of nitrogens with one attached hydrogen (secondary N) is 2. The molecule has 0 radical (unpaired) electrons. The van der Waals surface area contributed by atoms with E-state index in [9.17, 15) is 9.59 Å². The minimum absolute atomic E-state index is 0.0852. The summed E-state index contributed by atoms with van der Waals surface area (Å²) in [6, 6.07) is 15.2. The van der Waals surface area contributed by atoms with Gasteiger partial charge in [-0.05, 0) is 66.0 Å². The highest BCUT2D eigenvalue weighted by molar-refractivity contribution is 5.77. The van der Waals surface area contributed by atoms with Gasteiger partial charge in [-0.2, -0.15) is 0 Å². The van der Waals surface area contributed by atoms with Crippen LogP contribution in [0.25, 0.3) is 0 Å². The SMILES string of the molecule is CC1CCC(C(C)C)C(OCC(=O)NCc2ccc(NCc3cccc(OCC(=O)O)c3)cc2)C1. The molecule has 2 aromatic rings. The maximum Gasteiger partial charge on any atom is 0.341 e. The van der Waals surface area contributed by atoms with Crippen LogP contribution in [0.3, 0.4) is 0 Å². The summed E-state index contributed by atoms with van der Waals surface area (Å²) < 4.78 is 11.3. The van der Waals surface area contributed by atoms with Crippen molar-refractivity contribution in [1.82, 2.24) is 5.32 Å². The quantitative estimate of drug-likeness (QED) is 0.400. The maximum absolute atomic E-state index is 12.4. The van der Waals surface area contributed by atoms with E-state index in [1.807, 2.05) is 42.5 Å². The summed E-state index contributed by atoms with van der Waals surface area (Å²) in [7, 11) is 0. The Morgan fingerprint density at radius 1 is 1.03 bits per heavy atom. The van der Waals surface area contributed by atoms with Crippen molar-refractivity contribution in [2.75, 3.05) is 18.5 Å². The number of hydrogen-bond acceptors (Lipinski definition) is 5. The van der Waals surface area contributed by atoms with Gasteiger partial charge in [0.05, 0.1) is 6.10 Å². The van der Waals surface area contributed by atoms with Crippen molar-refractivity contribution < 1.29 is 24.2 Å². The van der Waals surface area contributed by atoms with Crippen LogP contribution >= 0.6 is 0 Å². The molecule has 35 heavy (non-hydrogen) atoms. The van der Waals surface area contributed by atoms with Crippen LogP contribution in [0.4, 0.5) is 5.69 Å². The molecule has 2 aromatic carbocycles. The third-order valence-electron chi connectivity index (χ3n) is 6.59. The Bertz CT molecular complexity index is 960. The lowest BCUT2D eigenvalue weighted by Crippen LogP contribution is -2.37. The minimum Gasteiger partial charge on any atom is -0.482 e. The lowest BCUT2D eigenvalue weighted by Gasteiger charge is -2.37. The number of aliphatic carboxylic acids is 1. The summed E-state index contributed by atoms with van der Waals surface area (Å²) in [6.07, 6.45) is 3.62. The smallest absolute Gasteiger partial charge is 0.341 e. The van der Waals surface area contributed by atoms with Gasteiger partial charge in [-0.15, -0.1) is 0 Å². The van der Waals surface area contributed by atoms with Crippen LogP contribution in [0.15, 0.2) is 48.5 Å². The zero-order valence-corrected chi connectivity index (χ0v) is 21.0. The van der Waals surface area contributed by atoms with Gasteiger partial charge in [-0.25, -0.2) is 4.79 Å². The number of ether oxygens (including phenoxy) is 2. The second-order valence-corrected chi connectivity index (χ2v) is 9.83. The maximum atomic E-state index is 12.4. The molecule has 1 fully saturated rings. The van der Waals surface area contributed by atoms with E-state index in [1.54, 1.807) is 6.07 Å². The summed E-state index contributed by atoms with van der Waals surface area (Å²) in [5.74, 6) is 1.18. The van der Waals surface area contributed by atoms with Crippen LogP contribution in [0.2, 0.25) is 0 Å². The van der Waals surface area contributed by atoms with E-state index in [0.29, 0.717) is 36.6 Å². The second-order valence-electron chi connectivity index (χ2n) is 9.83. The van der Waals surface area contributed by atoms with E-state index in [2.05, 4.69) is 31.4 Å². The molecular formula is C28H38N2O5. The fourth-order valence-corrected chi connectivity index (χ4v) is 4.58. The first kappa shape index (κ1) is 26.5. The summed E-state index contributed by atoms with van der Waals surface area (Å²) in [5.41, 5.74) is 2.95. The number of rotatable bonds is 12. The lowest BCUT2D eigenvalue weighted by atomic mass is 9.75. The summed E-state index contributed by atoms with van der Waals surface area (Å²) >= 11 is 0. The van der Waals surface area contributed by atoms with Crippen molar-refractivity contribution >= 4 is 17.6 Å². The standard InChI is InChI=1S/C28H38N2O5/c1-19(2)25-12-7-20(3)13-26(25)35-17-27(31)30-15-21-8-10-23(11-9-21)29-16-22-5-4-6-24(14-22)34-18-28(32)33/h4-6,8-11,14,19-20,25-26,29H,7,12-13,15-18H2,1-3H3,(H,30,31)(H,32,33). The predicted octanol–water partition coefficient (Wildman–Crippen LogP) is 4.86. The molecule has 3 unspecified atom stereocenters. The van der Waals surface area contributed by atoms with Gasteiger partial charge >= 0.3 is 5.97 Å². The number of hydrogen-bond donors (Lipinski definition) is 3. The Labute approximate surface area is 208 Å². The van der Waals surface area contributed by atoms with Crippen LogP contribution in [0, 0.1) is 17.8 Å². The number of amides is 1. The Hall–Kier alpha value is -3.06. The first-order valence-corrected chi connectivity index (χ1v) is 12.4. The fourth-order valence-electron chi connectivity index (χ4n) is 4.58. The molecule has 0 aromatic heterocycles. The van der Waals surface area contributed by atoms with Gasteiger partial charge < -0.3 is 25.2 Å². The van der Waals surface area contributed by atoms with Crippen LogP contribution in [0.1, 0.15) is 51.2 Å². The number of anilines is 1. The molecular weight excluding hydrogens is 444 g/mol. The Balaban J connectivity index is 1.40. The zero-order chi connectivity index (χ0) is 25.2. The molecule has 3 atom stereocenters. The lowest BCUT2D eigenvalue weighted by molar-refractivity contribution is -0.139. The van der Waals surface area contributed by atoms with Crippen molar-refractivity contribution in [2.24, 2.45) is 17.8 Å². The van der Waals surface area contributed by atoms with Crippen molar-refractivity contribution in [3.05, 3.63) is 59.7 Å². The predicted molar refractivity (Wildman–Crippen MR) is 136 cm³/mol. The third kappa shape index (κ3) is 8.91. The van der Waals surface area contributed by atoms with E-state index in [0.717, 1.165) is 23.2 Å². The second kappa shape index (κ2) is 13.1. The molecule has 7 nitrogen and oxygen atoms in total. The van der Waals surface area contributed by atoms with Crippen LogP contribution in [-0.2, 0) is 27.4 Å². The molecule has 1 aliphatic carbocycles. The average molecular weight is 483 g/mol. The molecule has 3 N–H and O–H groups in total. The monoisotopic (exact) mass is 482 g/mol. The highest BCUT2D eigenvalue weighted by atomic mass is 16.5. The number of carboxylic acids is 1. The first-order chi connectivity index (χ1) is 16.8. The van der Waals surface area contributed by atoms with Gasteiger partial charge in [-0.1, -0.05) is 51.5 Å². The highest BCUT2D eigenvalue weighted by Gasteiger charge is 2.31. The number of carboxylic acid groups (broad SMARTS) is 1. The van der Waals surface area contributed by atoms with E-state index in [1.165, 1.54) is 12.8 Å². The molecule has 0 spiro atoms. The van der Waals surface area contributed by atoms with Crippen molar-refractivity contribution in [3.8, 4) is 5.75 Å². The van der Waals surface area contributed by atoms with E-state index in [-0.39, 0.29) is 25.2 Å². The molecule has 1 saturated carbocycles. The molecule has 0 bridgehead atoms. The molecule has 0 saturated heterocycles. The molecule has 190 valence electrons. The Morgan fingerprint density at radius 3 is 2.51 bits per heavy atom. The molecule has 1 aliphatic rings. The zero-order valence-electron chi connectivity index (χ0n) is 21.0. The van der Waals surface area contributed by atoms with E-state index < -0.39 is 5.97 Å². The molecule has 3 rings (SSSR count). The van der Waals surface area contributed by atoms with Gasteiger partial charge in [-0.3, -0.25) is 4.79 Å². The highest BCUT2D eigenvalue weighted by Crippen LogP contribution is 2.35. The largest absolute Gasteiger partial charge is 0.482 e. The van der Waals surface area contributed by atoms with Crippen LogP contribution in [-0.4, -0.2) is 36.3 Å². The summed E-state index contributed by atoms with van der Waals surface area (Å²) in [6.45, 7) is 7.52. The first-order valence-electron chi connectivity index (χ1n) is 12.4. The van der Waals surface area contributed by atoms with Crippen molar-refractivity contribution in [1.29, 1.82) is 0 Å². The van der Waals surface area contributed by atoms with Crippen LogP contribution < -0.4 is 15.4 Å². The minimum atomic E-state index is -1.00. The number of benzene rings is 2. The molecule has 0 aliphatic heterocycles. The van der Waals surface area contributed by atoms with Gasteiger partial charge in [0.15, 0.2) is 6.61 Å². The van der Waals surface area contributed by atoms with Gasteiger partial charge in [0, 0.05) is 18.8 Å². The van der Waals surface area contributed by atoms with Crippen LogP contribution in [0.5, 0.6) is 5.75 Å². The molecule has 0 heterocycles. The average Bonchev–Trinajstić information content (AvgIpc) is 2.84. The summed E-state index contributed by atoms with van der Waals surface area (Å²) in [4.78, 5) is 23.0.